The molecule has 0 radical (unpaired) electrons. The molecule has 0 saturated carbocycles. The molecule has 10 heteroatoms. The summed E-state index contributed by atoms with van der Waals surface area (Å²) < 4.78 is 33.0. The number of carbonyl (C=O) groups excluding carboxylic acids is 1. The molecule has 164 valence electrons. The third-order valence-electron chi connectivity index (χ3n) is 5.14. The van der Waals surface area contributed by atoms with Gasteiger partial charge in [0.15, 0.2) is 0 Å². The van der Waals surface area contributed by atoms with Crippen molar-refractivity contribution in [3.05, 3.63) is 45.6 Å². The molecule has 1 N–H and O–H groups in total. The molecule has 1 aliphatic heterocycles. The second kappa shape index (κ2) is 9.07. The van der Waals surface area contributed by atoms with Crippen molar-refractivity contribution in [1.82, 2.24) is 9.29 Å². The number of benzene rings is 1. The average Bonchev–Trinajstić information content (AvgIpc) is 3.44. The Kier molecular flexibility index (Phi) is 6.42. The highest BCUT2D eigenvalue weighted by molar-refractivity contribution is 7.89. The van der Waals surface area contributed by atoms with Gasteiger partial charge >= 0.3 is 0 Å². The third kappa shape index (κ3) is 4.52. The Balaban J connectivity index is 1.62. The fourth-order valence-electron chi connectivity index (χ4n) is 3.50. The van der Waals surface area contributed by atoms with Gasteiger partial charge in [0.25, 0.3) is 5.91 Å². The quantitative estimate of drug-likeness (QED) is 0.560. The number of amides is 1. The molecule has 1 saturated heterocycles. The fourth-order valence-corrected chi connectivity index (χ4v) is 6.71. The van der Waals surface area contributed by atoms with E-state index in [9.17, 15) is 13.2 Å². The van der Waals surface area contributed by atoms with Crippen LogP contribution in [0.3, 0.4) is 0 Å². The van der Waals surface area contributed by atoms with Gasteiger partial charge in [0.2, 0.25) is 10.0 Å². The minimum atomic E-state index is -3.63. The number of sulfonamides is 1. The minimum Gasteiger partial charge on any atom is -0.495 e. The van der Waals surface area contributed by atoms with Crippen LogP contribution in [0.25, 0.3) is 10.6 Å². The highest BCUT2D eigenvalue weighted by atomic mass is 32.2. The van der Waals surface area contributed by atoms with Crippen LogP contribution in [0.1, 0.15) is 34.6 Å². The molecule has 4 rings (SSSR count). The average molecular weight is 478 g/mol. The molecule has 0 aliphatic carbocycles. The van der Waals surface area contributed by atoms with Gasteiger partial charge in [0.1, 0.15) is 15.6 Å². The van der Waals surface area contributed by atoms with Crippen LogP contribution in [0.5, 0.6) is 5.75 Å². The van der Waals surface area contributed by atoms with Crippen molar-refractivity contribution in [2.24, 2.45) is 0 Å². The van der Waals surface area contributed by atoms with Gasteiger partial charge in [-0.1, -0.05) is 6.42 Å². The molecule has 1 fully saturated rings. The van der Waals surface area contributed by atoms with Gasteiger partial charge in [-0.25, -0.2) is 13.4 Å². The first kappa shape index (κ1) is 21.9. The minimum absolute atomic E-state index is 0.144. The molecular weight excluding hydrogens is 454 g/mol. The van der Waals surface area contributed by atoms with Crippen molar-refractivity contribution in [2.45, 2.75) is 31.1 Å². The van der Waals surface area contributed by atoms with E-state index in [0.29, 0.717) is 35.1 Å². The van der Waals surface area contributed by atoms with E-state index in [2.05, 4.69) is 10.3 Å². The zero-order valence-electron chi connectivity index (χ0n) is 17.3. The monoisotopic (exact) mass is 477 g/mol. The number of carbonyl (C=O) groups is 1. The lowest BCUT2D eigenvalue weighted by Crippen LogP contribution is -2.35. The number of thiazole rings is 1. The van der Waals surface area contributed by atoms with Crippen molar-refractivity contribution in [3.63, 3.8) is 0 Å². The summed E-state index contributed by atoms with van der Waals surface area (Å²) in [4.78, 5) is 18.1. The Morgan fingerprint density at radius 1 is 1.19 bits per heavy atom. The summed E-state index contributed by atoms with van der Waals surface area (Å²) in [6.07, 6.45) is 2.75. The first-order valence-electron chi connectivity index (χ1n) is 9.89. The van der Waals surface area contributed by atoms with Gasteiger partial charge in [-0.3, -0.25) is 4.79 Å². The van der Waals surface area contributed by atoms with Crippen LogP contribution in [0.4, 0.5) is 5.69 Å². The summed E-state index contributed by atoms with van der Waals surface area (Å²) in [5.74, 6) is 0.0495. The fraction of sp³-hybridized carbons (Fsp3) is 0.333. The lowest BCUT2D eigenvalue weighted by Gasteiger charge is -2.26. The van der Waals surface area contributed by atoms with Crippen molar-refractivity contribution in [1.29, 1.82) is 0 Å². The number of methoxy groups -OCH3 is 1. The number of nitrogens with one attached hydrogen (secondary N) is 1. The van der Waals surface area contributed by atoms with Crippen LogP contribution in [0.2, 0.25) is 0 Å². The van der Waals surface area contributed by atoms with E-state index >= 15 is 0 Å². The standard InChI is InChI=1S/C21H23N3O4S3/c1-14-19(30-21(22-14)15-8-11-29-13-15)20(25)23-17-12-16(6-7-18(17)28-2)31(26,27)24-9-4-3-5-10-24/h6-8,11-13H,3-5,9-10H2,1-2H3,(H,23,25). The molecule has 1 amide bonds. The maximum absolute atomic E-state index is 13.0. The molecule has 1 aliphatic rings. The van der Waals surface area contributed by atoms with Crippen molar-refractivity contribution in [2.75, 3.05) is 25.5 Å². The third-order valence-corrected chi connectivity index (χ3v) is 8.93. The number of aryl methyl sites for hydroxylation is 1. The number of anilines is 1. The van der Waals surface area contributed by atoms with Gasteiger partial charge < -0.3 is 10.1 Å². The van der Waals surface area contributed by atoms with E-state index in [1.54, 1.807) is 24.3 Å². The highest BCUT2D eigenvalue weighted by Crippen LogP contribution is 2.33. The molecule has 0 spiro atoms. The van der Waals surface area contributed by atoms with Gasteiger partial charge in [0.05, 0.1) is 23.4 Å². The topological polar surface area (TPSA) is 88.6 Å². The molecule has 3 heterocycles. The maximum Gasteiger partial charge on any atom is 0.267 e. The molecule has 0 bridgehead atoms. The van der Waals surface area contributed by atoms with E-state index < -0.39 is 10.0 Å². The largest absolute Gasteiger partial charge is 0.495 e. The normalized spacial score (nSPS) is 15.0. The number of rotatable bonds is 6. The summed E-state index contributed by atoms with van der Waals surface area (Å²) in [7, 11) is -2.14. The maximum atomic E-state index is 13.0. The van der Waals surface area contributed by atoms with Crippen LogP contribution in [0.15, 0.2) is 39.9 Å². The number of piperidine rings is 1. The molecule has 0 atom stereocenters. The predicted octanol–water partition coefficient (Wildman–Crippen LogP) is 4.62. The van der Waals surface area contributed by atoms with Gasteiger partial charge in [-0.15, -0.1) is 11.3 Å². The van der Waals surface area contributed by atoms with Gasteiger partial charge in [-0.2, -0.15) is 15.6 Å². The number of ether oxygens (including phenoxy) is 1. The molecule has 31 heavy (non-hydrogen) atoms. The number of thiophene rings is 1. The second-order valence-electron chi connectivity index (χ2n) is 7.23. The first-order valence-corrected chi connectivity index (χ1v) is 13.1. The van der Waals surface area contributed by atoms with Gasteiger partial charge in [0, 0.05) is 24.0 Å². The zero-order chi connectivity index (χ0) is 22.0. The van der Waals surface area contributed by atoms with E-state index in [-0.39, 0.29) is 10.8 Å². The SMILES string of the molecule is COc1ccc(S(=O)(=O)N2CCCCC2)cc1NC(=O)c1sc(-c2ccsc2)nc1C. The summed E-state index contributed by atoms with van der Waals surface area (Å²) in [5, 5.41) is 7.54. The van der Waals surface area contributed by atoms with Crippen LogP contribution in [-0.2, 0) is 10.0 Å². The zero-order valence-corrected chi connectivity index (χ0v) is 19.7. The van der Waals surface area contributed by atoms with Gasteiger partial charge in [-0.05, 0) is 49.4 Å². The molecular formula is C21H23N3O4S3. The Hall–Kier alpha value is -2.27. The smallest absolute Gasteiger partial charge is 0.267 e. The molecule has 2 aromatic heterocycles. The van der Waals surface area contributed by atoms with E-state index in [4.69, 9.17) is 4.74 Å². The lowest BCUT2D eigenvalue weighted by molar-refractivity contribution is 0.102. The molecule has 3 aromatic rings. The van der Waals surface area contributed by atoms with E-state index in [1.165, 1.54) is 34.9 Å². The van der Waals surface area contributed by atoms with E-state index in [0.717, 1.165) is 29.8 Å². The van der Waals surface area contributed by atoms with Crippen LogP contribution < -0.4 is 10.1 Å². The summed E-state index contributed by atoms with van der Waals surface area (Å²) in [5.41, 5.74) is 1.92. The summed E-state index contributed by atoms with van der Waals surface area (Å²) in [6, 6.07) is 6.52. The molecule has 1 aromatic carbocycles. The van der Waals surface area contributed by atoms with Crippen LogP contribution in [0, 0.1) is 6.92 Å². The number of hydrogen-bond donors (Lipinski definition) is 1. The number of hydrogen-bond acceptors (Lipinski definition) is 7. The molecule has 7 nitrogen and oxygen atoms in total. The Bertz CT molecular complexity index is 1180. The lowest BCUT2D eigenvalue weighted by atomic mass is 10.2. The Labute approximate surface area is 189 Å². The van der Waals surface area contributed by atoms with E-state index in [1.807, 2.05) is 16.8 Å². The Morgan fingerprint density at radius 3 is 2.65 bits per heavy atom. The Morgan fingerprint density at radius 2 is 1.97 bits per heavy atom. The predicted molar refractivity (Wildman–Crippen MR) is 124 cm³/mol. The number of aromatic nitrogens is 1. The summed E-state index contributed by atoms with van der Waals surface area (Å²) >= 11 is 2.88. The van der Waals surface area contributed by atoms with Crippen LogP contribution in [-0.4, -0.2) is 43.8 Å². The van der Waals surface area contributed by atoms with Crippen molar-refractivity contribution < 1.29 is 17.9 Å². The molecule has 0 unspecified atom stereocenters. The summed E-state index contributed by atoms with van der Waals surface area (Å²) in [6.45, 7) is 2.82. The highest BCUT2D eigenvalue weighted by Gasteiger charge is 2.27. The number of nitrogens with zero attached hydrogens (tertiary/aromatic N) is 2. The second-order valence-corrected chi connectivity index (χ2v) is 10.9. The van der Waals surface area contributed by atoms with Crippen molar-refractivity contribution >= 4 is 44.3 Å². The van der Waals surface area contributed by atoms with Crippen molar-refractivity contribution in [3.8, 4) is 16.3 Å². The van der Waals surface area contributed by atoms with Crippen LogP contribution >= 0.6 is 22.7 Å². The first-order chi connectivity index (χ1) is 14.9.